The Balaban J connectivity index is 1.47. The summed E-state index contributed by atoms with van der Waals surface area (Å²) in [7, 11) is 0. The van der Waals surface area contributed by atoms with Gasteiger partial charge in [0.25, 0.3) is 0 Å². The smallest absolute Gasteiger partial charge is 0.149 e. The number of aromatic nitrogens is 1. The van der Waals surface area contributed by atoms with Gasteiger partial charge in [-0.15, -0.1) is 0 Å². The summed E-state index contributed by atoms with van der Waals surface area (Å²) in [6, 6.07) is 13.1. The van der Waals surface area contributed by atoms with Gasteiger partial charge in [0, 0.05) is 71.0 Å². The second-order valence-corrected chi connectivity index (χ2v) is 9.30. The number of hydrogen-bond donors (Lipinski definition) is 1. The van der Waals surface area contributed by atoms with Crippen molar-refractivity contribution in [2.24, 2.45) is 0 Å². The molecule has 0 bridgehead atoms. The number of ether oxygens (including phenoxy) is 1. The Labute approximate surface area is 202 Å². The number of β-amino-alcohol motifs (C(OH)–C–C–N with tert-alkyl or cyclic N) is 1. The molecule has 1 aromatic carbocycles. The maximum atomic E-state index is 10.2. The van der Waals surface area contributed by atoms with Crippen LogP contribution in [-0.4, -0.2) is 92.1 Å². The SMILES string of the molecule is N#Cc1c(N2CCN(CCO)CC2)nc(N2CCOCC2)c2c1CCN(Cc1ccccc1)C2. The highest BCUT2D eigenvalue weighted by Gasteiger charge is 2.31. The van der Waals surface area contributed by atoms with Gasteiger partial charge in [-0.1, -0.05) is 30.3 Å². The number of benzene rings is 1. The zero-order chi connectivity index (χ0) is 23.3. The first-order chi connectivity index (χ1) is 16.8. The molecule has 0 spiro atoms. The number of rotatable bonds is 6. The normalized spacial score (nSPS) is 19.6. The van der Waals surface area contributed by atoms with Crippen LogP contribution in [0.4, 0.5) is 11.6 Å². The fraction of sp³-hybridized carbons (Fsp3) is 0.538. The maximum Gasteiger partial charge on any atom is 0.149 e. The van der Waals surface area contributed by atoms with Crippen LogP contribution in [0.3, 0.4) is 0 Å². The van der Waals surface area contributed by atoms with Crippen molar-refractivity contribution in [2.45, 2.75) is 19.5 Å². The van der Waals surface area contributed by atoms with Crippen molar-refractivity contribution in [2.75, 3.05) is 82.0 Å². The van der Waals surface area contributed by atoms with Crippen molar-refractivity contribution < 1.29 is 9.84 Å². The minimum absolute atomic E-state index is 0.182. The van der Waals surface area contributed by atoms with Crippen molar-refractivity contribution in [3.05, 3.63) is 52.6 Å². The number of fused-ring (bicyclic) bond motifs is 1. The molecule has 2 aromatic rings. The second kappa shape index (κ2) is 10.7. The topological polar surface area (TPSA) is 79.1 Å². The summed E-state index contributed by atoms with van der Waals surface area (Å²) in [4.78, 5) is 14.6. The molecule has 180 valence electrons. The van der Waals surface area contributed by atoms with E-state index in [1.807, 2.05) is 0 Å². The molecule has 1 aromatic heterocycles. The van der Waals surface area contributed by atoms with E-state index < -0.39 is 0 Å². The summed E-state index contributed by atoms with van der Waals surface area (Å²) in [5.41, 5.74) is 4.45. The monoisotopic (exact) mass is 462 g/mol. The second-order valence-electron chi connectivity index (χ2n) is 9.30. The molecule has 2 saturated heterocycles. The highest BCUT2D eigenvalue weighted by molar-refractivity contribution is 5.68. The third-order valence-electron chi connectivity index (χ3n) is 7.19. The lowest BCUT2D eigenvalue weighted by Gasteiger charge is -2.39. The van der Waals surface area contributed by atoms with Crippen LogP contribution in [0, 0.1) is 11.3 Å². The Kier molecular flexibility index (Phi) is 7.26. The molecule has 5 rings (SSSR count). The van der Waals surface area contributed by atoms with Crippen molar-refractivity contribution in [3.8, 4) is 6.07 Å². The van der Waals surface area contributed by atoms with Crippen LogP contribution in [0.5, 0.6) is 0 Å². The van der Waals surface area contributed by atoms with Gasteiger partial charge < -0.3 is 19.6 Å². The van der Waals surface area contributed by atoms with Gasteiger partial charge in [0.1, 0.15) is 17.7 Å². The number of nitriles is 1. The molecule has 8 heteroatoms. The van der Waals surface area contributed by atoms with Gasteiger partial charge in [0.05, 0.1) is 25.4 Å². The highest BCUT2D eigenvalue weighted by atomic mass is 16.5. The minimum Gasteiger partial charge on any atom is -0.395 e. The molecule has 0 unspecified atom stereocenters. The summed E-state index contributed by atoms with van der Waals surface area (Å²) in [5, 5.41) is 19.5. The quantitative estimate of drug-likeness (QED) is 0.691. The minimum atomic E-state index is 0.182. The van der Waals surface area contributed by atoms with Crippen LogP contribution in [-0.2, 0) is 24.2 Å². The highest BCUT2D eigenvalue weighted by Crippen LogP contribution is 2.36. The van der Waals surface area contributed by atoms with Crippen LogP contribution in [0.15, 0.2) is 30.3 Å². The summed E-state index contributed by atoms with van der Waals surface area (Å²) in [6.07, 6.45) is 0.863. The zero-order valence-corrected chi connectivity index (χ0v) is 19.8. The van der Waals surface area contributed by atoms with Crippen LogP contribution in [0.25, 0.3) is 0 Å². The molecule has 0 atom stereocenters. The molecule has 2 fully saturated rings. The molecular weight excluding hydrogens is 428 g/mol. The first-order valence-electron chi connectivity index (χ1n) is 12.4. The van der Waals surface area contributed by atoms with Crippen LogP contribution >= 0.6 is 0 Å². The summed E-state index contributed by atoms with van der Waals surface area (Å²) in [5.74, 6) is 1.87. The maximum absolute atomic E-state index is 10.2. The summed E-state index contributed by atoms with van der Waals surface area (Å²) >= 11 is 0. The summed E-state index contributed by atoms with van der Waals surface area (Å²) in [6.45, 7) is 10.00. The van der Waals surface area contributed by atoms with E-state index in [0.717, 1.165) is 82.5 Å². The van der Waals surface area contributed by atoms with Crippen molar-refractivity contribution in [3.63, 3.8) is 0 Å². The predicted molar refractivity (Wildman–Crippen MR) is 132 cm³/mol. The molecule has 0 amide bonds. The molecule has 8 nitrogen and oxygen atoms in total. The van der Waals surface area contributed by atoms with Crippen molar-refractivity contribution in [1.29, 1.82) is 5.26 Å². The lowest BCUT2D eigenvalue weighted by molar-refractivity contribution is 0.122. The van der Waals surface area contributed by atoms with Crippen LogP contribution in [0.2, 0.25) is 0 Å². The van der Waals surface area contributed by atoms with Gasteiger partial charge in [-0.05, 0) is 17.5 Å². The Morgan fingerprint density at radius 1 is 0.882 bits per heavy atom. The Morgan fingerprint density at radius 2 is 1.62 bits per heavy atom. The number of morpholine rings is 1. The van der Waals surface area contributed by atoms with Gasteiger partial charge in [-0.2, -0.15) is 5.26 Å². The number of anilines is 2. The molecule has 3 aliphatic heterocycles. The molecule has 4 heterocycles. The number of aliphatic hydroxyl groups is 1. The van der Waals surface area contributed by atoms with Gasteiger partial charge in [0.15, 0.2) is 0 Å². The Hall–Kier alpha value is -2.70. The molecule has 34 heavy (non-hydrogen) atoms. The standard InChI is InChI=1S/C26H34N6O2/c27-18-23-22-6-7-30(19-21-4-2-1-3-5-21)20-24(22)26(32-13-16-34-17-14-32)28-25(23)31-10-8-29(9-11-31)12-15-33/h1-5,33H,6-17,19-20H2. The van der Waals surface area contributed by atoms with E-state index in [1.54, 1.807) is 0 Å². The number of piperazine rings is 1. The van der Waals surface area contributed by atoms with E-state index in [-0.39, 0.29) is 6.61 Å². The average molecular weight is 463 g/mol. The fourth-order valence-electron chi connectivity index (χ4n) is 5.34. The van der Waals surface area contributed by atoms with Crippen LogP contribution < -0.4 is 9.80 Å². The van der Waals surface area contributed by atoms with Gasteiger partial charge in [-0.25, -0.2) is 4.98 Å². The fourth-order valence-corrected chi connectivity index (χ4v) is 5.34. The Morgan fingerprint density at radius 3 is 2.32 bits per heavy atom. The predicted octanol–water partition coefficient (Wildman–Crippen LogP) is 1.46. The van der Waals surface area contributed by atoms with E-state index >= 15 is 0 Å². The van der Waals surface area contributed by atoms with Gasteiger partial charge >= 0.3 is 0 Å². The van der Waals surface area contributed by atoms with Gasteiger partial charge in [-0.3, -0.25) is 9.80 Å². The van der Waals surface area contributed by atoms with E-state index in [1.165, 1.54) is 16.7 Å². The molecular formula is C26H34N6O2. The first-order valence-corrected chi connectivity index (χ1v) is 12.4. The van der Waals surface area contributed by atoms with E-state index in [9.17, 15) is 10.4 Å². The third-order valence-corrected chi connectivity index (χ3v) is 7.19. The molecule has 0 radical (unpaired) electrons. The average Bonchev–Trinajstić information content (AvgIpc) is 2.89. The van der Waals surface area contributed by atoms with Crippen molar-refractivity contribution in [1.82, 2.24) is 14.8 Å². The van der Waals surface area contributed by atoms with Crippen LogP contribution in [0.1, 0.15) is 22.3 Å². The zero-order valence-electron chi connectivity index (χ0n) is 19.8. The lowest BCUT2D eigenvalue weighted by atomic mass is 9.94. The lowest BCUT2D eigenvalue weighted by Crippen LogP contribution is -2.48. The Bertz CT molecular complexity index is 1010. The molecule has 1 N–H and O–H groups in total. The first kappa shape index (κ1) is 23.1. The van der Waals surface area contributed by atoms with Crippen molar-refractivity contribution >= 4 is 11.6 Å². The molecule has 0 aliphatic carbocycles. The molecule has 3 aliphatic rings. The number of aliphatic hydroxyl groups excluding tert-OH is 1. The van der Waals surface area contributed by atoms with E-state index in [4.69, 9.17) is 9.72 Å². The van der Waals surface area contributed by atoms with Gasteiger partial charge in [0.2, 0.25) is 0 Å². The molecule has 0 saturated carbocycles. The number of nitrogens with zero attached hydrogens (tertiary/aromatic N) is 6. The number of hydrogen-bond acceptors (Lipinski definition) is 8. The third kappa shape index (κ3) is 4.89. The summed E-state index contributed by atoms with van der Waals surface area (Å²) < 4.78 is 5.62. The number of pyridine rings is 1. The largest absolute Gasteiger partial charge is 0.395 e. The van der Waals surface area contributed by atoms with E-state index in [2.05, 4.69) is 56.0 Å². The van der Waals surface area contributed by atoms with E-state index in [0.29, 0.717) is 19.8 Å².